The molecule has 1 heterocycles. The number of carbonyl (C=O) groups is 1. The van der Waals surface area contributed by atoms with Gasteiger partial charge in [0.1, 0.15) is 5.75 Å². The van der Waals surface area contributed by atoms with Gasteiger partial charge in [-0.3, -0.25) is 0 Å². The van der Waals surface area contributed by atoms with E-state index in [0.29, 0.717) is 22.5 Å². The lowest BCUT2D eigenvalue weighted by atomic mass is 9.97. The standard InChI is InChI=1S/C21H21NO3/c1-12(2)14-5-7-18-16(10-14)17(21(23)24)11-19(22-18)15-6-8-20(25-4)13(3)9-15/h5-12H,1-4H3,(H,23,24). The van der Waals surface area contributed by atoms with Crippen molar-refractivity contribution in [2.45, 2.75) is 26.7 Å². The molecule has 128 valence electrons. The Kier molecular flexibility index (Phi) is 4.45. The maximum Gasteiger partial charge on any atom is 0.336 e. The number of hydrogen-bond acceptors (Lipinski definition) is 3. The number of fused-ring (bicyclic) bond motifs is 1. The van der Waals surface area contributed by atoms with E-state index in [1.807, 2.05) is 43.3 Å². The first-order chi connectivity index (χ1) is 11.9. The maximum atomic E-state index is 11.8. The molecule has 0 fully saturated rings. The van der Waals surface area contributed by atoms with Gasteiger partial charge in [0.2, 0.25) is 0 Å². The molecule has 0 amide bonds. The molecule has 0 bridgehead atoms. The van der Waals surface area contributed by atoms with Crippen LogP contribution in [0.2, 0.25) is 0 Å². The van der Waals surface area contributed by atoms with Gasteiger partial charge in [-0.25, -0.2) is 9.78 Å². The molecule has 4 nitrogen and oxygen atoms in total. The summed E-state index contributed by atoms with van der Waals surface area (Å²) in [6, 6.07) is 13.2. The number of benzene rings is 2. The number of aryl methyl sites for hydroxylation is 1. The van der Waals surface area contributed by atoms with Crippen molar-refractivity contribution in [3.05, 3.63) is 59.2 Å². The molecule has 1 N–H and O–H groups in total. The number of aromatic carboxylic acids is 1. The molecule has 3 rings (SSSR count). The molecule has 0 radical (unpaired) electrons. The van der Waals surface area contributed by atoms with Crippen molar-refractivity contribution in [1.29, 1.82) is 0 Å². The second kappa shape index (κ2) is 6.55. The summed E-state index contributed by atoms with van der Waals surface area (Å²) in [5.74, 6) is 0.180. The number of aromatic nitrogens is 1. The highest BCUT2D eigenvalue weighted by Gasteiger charge is 2.15. The SMILES string of the molecule is COc1ccc(-c2cc(C(=O)O)c3cc(C(C)C)ccc3n2)cc1C. The highest BCUT2D eigenvalue weighted by atomic mass is 16.5. The van der Waals surface area contributed by atoms with E-state index in [0.717, 1.165) is 22.4 Å². The third-order valence-electron chi connectivity index (χ3n) is 4.42. The lowest BCUT2D eigenvalue weighted by Gasteiger charge is -2.12. The first-order valence-corrected chi connectivity index (χ1v) is 8.23. The van der Waals surface area contributed by atoms with E-state index in [2.05, 4.69) is 18.8 Å². The van der Waals surface area contributed by atoms with E-state index >= 15 is 0 Å². The fourth-order valence-corrected chi connectivity index (χ4v) is 2.97. The molecule has 2 aromatic carbocycles. The smallest absolute Gasteiger partial charge is 0.336 e. The van der Waals surface area contributed by atoms with Crippen LogP contribution < -0.4 is 4.74 Å². The quantitative estimate of drug-likeness (QED) is 0.725. The van der Waals surface area contributed by atoms with Crippen molar-refractivity contribution >= 4 is 16.9 Å². The van der Waals surface area contributed by atoms with Gasteiger partial charge in [-0.05, 0) is 60.4 Å². The Bertz CT molecular complexity index is 961. The molecule has 25 heavy (non-hydrogen) atoms. The Labute approximate surface area is 147 Å². The summed E-state index contributed by atoms with van der Waals surface area (Å²) in [6.07, 6.45) is 0. The van der Waals surface area contributed by atoms with Gasteiger partial charge in [-0.1, -0.05) is 19.9 Å². The van der Waals surface area contributed by atoms with Crippen LogP contribution in [0.25, 0.3) is 22.2 Å². The van der Waals surface area contributed by atoms with Gasteiger partial charge in [0.15, 0.2) is 0 Å². The minimum atomic E-state index is -0.945. The van der Waals surface area contributed by atoms with Crippen molar-refractivity contribution in [3.8, 4) is 17.0 Å². The first-order valence-electron chi connectivity index (χ1n) is 8.23. The van der Waals surface area contributed by atoms with Gasteiger partial charge in [0.05, 0.1) is 23.9 Å². The topological polar surface area (TPSA) is 59.4 Å². The number of hydrogen-bond donors (Lipinski definition) is 1. The molecular formula is C21H21NO3. The Morgan fingerprint density at radius 3 is 2.48 bits per heavy atom. The number of ether oxygens (including phenoxy) is 1. The summed E-state index contributed by atoms with van der Waals surface area (Å²) in [4.78, 5) is 16.5. The van der Waals surface area contributed by atoms with Crippen LogP contribution in [0.15, 0.2) is 42.5 Å². The molecule has 0 aliphatic rings. The van der Waals surface area contributed by atoms with Crippen LogP contribution in [-0.4, -0.2) is 23.2 Å². The lowest BCUT2D eigenvalue weighted by Crippen LogP contribution is -2.01. The number of carboxylic acid groups (broad SMARTS) is 1. The van der Waals surface area contributed by atoms with Crippen LogP contribution in [0.1, 0.15) is 41.3 Å². The van der Waals surface area contributed by atoms with E-state index in [1.165, 1.54) is 0 Å². The number of nitrogens with zero attached hydrogens (tertiary/aromatic N) is 1. The number of rotatable bonds is 4. The predicted molar refractivity (Wildman–Crippen MR) is 99.5 cm³/mol. The van der Waals surface area contributed by atoms with E-state index in [1.54, 1.807) is 13.2 Å². The first kappa shape index (κ1) is 17.0. The molecular weight excluding hydrogens is 314 g/mol. The minimum Gasteiger partial charge on any atom is -0.496 e. The zero-order chi connectivity index (χ0) is 18.1. The summed E-state index contributed by atoms with van der Waals surface area (Å²) in [5, 5.41) is 10.3. The molecule has 0 unspecified atom stereocenters. The molecule has 0 saturated heterocycles. The van der Waals surface area contributed by atoms with Crippen LogP contribution in [0.3, 0.4) is 0 Å². The largest absolute Gasteiger partial charge is 0.496 e. The van der Waals surface area contributed by atoms with Gasteiger partial charge < -0.3 is 9.84 Å². The zero-order valence-electron chi connectivity index (χ0n) is 14.8. The van der Waals surface area contributed by atoms with E-state index in [-0.39, 0.29) is 5.56 Å². The molecule has 0 atom stereocenters. The maximum absolute atomic E-state index is 11.8. The highest BCUT2D eigenvalue weighted by Crippen LogP contribution is 2.30. The third-order valence-corrected chi connectivity index (χ3v) is 4.42. The number of pyridine rings is 1. The second-order valence-electron chi connectivity index (χ2n) is 6.48. The van der Waals surface area contributed by atoms with E-state index in [9.17, 15) is 9.90 Å². The average Bonchev–Trinajstić information content (AvgIpc) is 2.59. The van der Waals surface area contributed by atoms with Gasteiger partial charge >= 0.3 is 5.97 Å². The normalized spacial score (nSPS) is 11.1. The monoisotopic (exact) mass is 335 g/mol. The summed E-state index contributed by atoms with van der Waals surface area (Å²) in [6.45, 7) is 6.13. The van der Waals surface area contributed by atoms with Crippen LogP contribution >= 0.6 is 0 Å². The van der Waals surface area contributed by atoms with Gasteiger partial charge in [0.25, 0.3) is 0 Å². The second-order valence-corrected chi connectivity index (χ2v) is 6.48. The van der Waals surface area contributed by atoms with Gasteiger partial charge in [-0.2, -0.15) is 0 Å². The zero-order valence-corrected chi connectivity index (χ0v) is 14.8. The van der Waals surface area contributed by atoms with Crippen molar-refractivity contribution in [1.82, 2.24) is 4.98 Å². The van der Waals surface area contributed by atoms with Gasteiger partial charge in [0, 0.05) is 10.9 Å². The van der Waals surface area contributed by atoms with Crippen molar-refractivity contribution in [2.24, 2.45) is 0 Å². The Balaban J connectivity index is 2.22. The van der Waals surface area contributed by atoms with Crippen LogP contribution in [0, 0.1) is 6.92 Å². The van der Waals surface area contributed by atoms with Crippen LogP contribution in [-0.2, 0) is 0 Å². The van der Waals surface area contributed by atoms with Crippen molar-refractivity contribution in [2.75, 3.05) is 7.11 Å². The van der Waals surface area contributed by atoms with Crippen LogP contribution in [0.5, 0.6) is 5.75 Å². The summed E-state index contributed by atoms with van der Waals surface area (Å²) in [7, 11) is 1.63. The molecule has 4 heteroatoms. The van der Waals surface area contributed by atoms with E-state index < -0.39 is 5.97 Å². The fraction of sp³-hybridized carbons (Fsp3) is 0.238. The molecule has 0 aliphatic carbocycles. The summed E-state index contributed by atoms with van der Waals surface area (Å²) in [5.41, 5.74) is 4.56. The predicted octanol–water partition coefficient (Wildman–Crippen LogP) is 5.04. The number of methoxy groups -OCH3 is 1. The Morgan fingerprint density at radius 1 is 1.12 bits per heavy atom. The average molecular weight is 335 g/mol. The Morgan fingerprint density at radius 2 is 1.88 bits per heavy atom. The Hall–Kier alpha value is -2.88. The lowest BCUT2D eigenvalue weighted by molar-refractivity contribution is 0.0699. The van der Waals surface area contributed by atoms with Crippen LogP contribution in [0.4, 0.5) is 0 Å². The molecule has 0 spiro atoms. The minimum absolute atomic E-state index is 0.274. The molecule has 0 saturated carbocycles. The molecule has 0 aliphatic heterocycles. The van der Waals surface area contributed by atoms with Crippen molar-refractivity contribution < 1.29 is 14.6 Å². The fourth-order valence-electron chi connectivity index (χ4n) is 2.97. The molecule has 1 aromatic heterocycles. The van der Waals surface area contributed by atoms with Crippen molar-refractivity contribution in [3.63, 3.8) is 0 Å². The number of carboxylic acids is 1. The molecule has 3 aromatic rings. The summed E-state index contributed by atoms with van der Waals surface area (Å²) < 4.78 is 5.29. The van der Waals surface area contributed by atoms with Gasteiger partial charge in [-0.15, -0.1) is 0 Å². The summed E-state index contributed by atoms with van der Waals surface area (Å²) >= 11 is 0. The highest BCUT2D eigenvalue weighted by molar-refractivity contribution is 6.04. The van der Waals surface area contributed by atoms with E-state index in [4.69, 9.17) is 4.74 Å². The third kappa shape index (κ3) is 3.20.